The summed E-state index contributed by atoms with van der Waals surface area (Å²) >= 11 is 0. The van der Waals surface area contributed by atoms with Crippen LogP contribution in [0.15, 0.2) is 30.3 Å². The van der Waals surface area contributed by atoms with Crippen LogP contribution in [0.4, 0.5) is 10.5 Å². The number of hydrogen-bond acceptors (Lipinski definition) is 2. The molecule has 0 fully saturated rings. The van der Waals surface area contributed by atoms with Crippen LogP contribution in [-0.4, -0.2) is 20.0 Å². The third kappa shape index (κ3) is 6.91. The van der Waals surface area contributed by atoms with E-state index in [1.165, 1.54) is 0 Å². The maximum absolute atomic E-state index is 11.4. The quantitative estimate of drug-likeness (QED) is 0.415. The predicted molar refractivity (Wildman–Crippen MR) is 77.9 cm³/mol. The van der Waals surface area contributed by atoms with E-state index in [9.17, 15) is 9.59 Å². The van der Waals surface area contributed by atoms with Gasteiger partial charge in [0, 0.05) is 5.69 Å². The van der Waals surface area contributed by atoms with Gasteiger partial charge in [-0.3, -0.25) is 10.2 Å². The number of benzene rings is 1. The lowest BCUT2D eigenvalue weighted by Crippen LogP contribution is -2.43. The minimum Gasteiger partial charge on any atom is -0.307 e. The lowest BCUT2D eigenvalue weighted by molar-refractivity contribution is -0.116. The first-order valence-corrected chi connectivity index (χ1v) is 9.32. The average molecular weight is 275 g/mol. The van der Waals surface area contributed by atoms with E-state index in [1.807, 2.05) is 25.7 Å². The van der Waals surface area contributed by atoms with Crippen molar-refractivity contribution in [1.82, 2.24) is 10.9 Å². The highest BCUT2D eigenvalue weighted by Crippen LogP contribution is 2.03. The zero-order valence-corrected chi connectivity index (χ0v) is 12.2. The Bertz CT molecular complexity index is 512. The number of hydrogen-bond donors (Lipinski definition) is 3. The van der Waals surface area contributed by atoms with Gasteiger partial charge in [-0.25, -0.2) is 10.2 Å². The van der Waals surface area contributed by atoms with Crippen LogP contribution in [0.5, 0.6) is 0 Å². The first kappa shape index (κ1) is 14.8. The van der Waals surface area contributed by atoms with Gasteiger partial charge in [0.05, 0.1) is 0 Å². The molecule has 0 radical (unpaired) electrons. The monoisotopic (exact) mass is 275 g/mol. The zero-order valence-electron chi connectivity index (χ0n) is 11.2. The Kier molecular flexibility index (Phi) is 5.15. The van der Waals surface area contributed by atoms with E-state index in [1.54, 1.807) is 24.3 Å². The van der Waals surface area contributed by atoms with Crippen molar-refractivity contribution in [3.63, 3.8) is 0 Å². The summed E-state index contributed by atoms with van der Waals surface area (Å²) < 4.78 is 0. The number of amides is 3. The summed E-state index contributed by atoms with van der Waals surface area (Å²) in [7, 11) is -1.59. The second kappa shape index (κ2) is 6.61. The summed E-state index contributed by atoms with van der Waals surface area (Å²) in [4.78, 5) is 22.8. The zero-order chi connectivity index (χ0) is 14.3. The molecule has 5 nitrogen and oxygen atoms in total. The Hall–Kier alpha value is -2.26. The first-order valence-electron chi connectivity index (χ1n) is 5.82. The fraction of sp³-hybridized carbons (Fsp3) is 0.231. The molecule has 0 atom stereocenters. The molecule has 0 aliphatic carbocycles. The number of hydrazine groups is 1. The van der Waals surface area contributed by atoms with E-state index in [0.29, 0.717) is 5.69 Å². The van der Waals surface area contributed by atoms with Crippen LogP contribution in [0.1, 0.15) is 0 Å². The van der Waals surface area contributed by atoms with Gasteiger partial charge in [0.15, 0.2) is 0 Å². The molecule has 3 amide bonds. The van der Waals surface area contributed by atoms with Crippen molar-refractivity contribution in [2.75, 3.05) is 5.32 Å². The third-order valence-electron chi connectivity index (χ3n) is 1.87. The van der Waals surface area contributed by atoms with Gasteiger partial charge < -0.3 is 5.32 Å². The van der Waals surface area contributed by atoms with E-state index in [2.05, 4.69) is 27.6 Å². The van der Waals surface area contributed by atoms with Gasteiger partial charge >= 0.3 is 11.9 Å². The van der Waals surface area contributed by atoms with Crippen molar-refractivity contribution in [2.24, 2.45) is 0 Å². The predicted octanol–water partition coefficient (Wildman–Crippen LogP) is 1.72. The van der Waals surface area contributed by atoms with Gasteiger partial charge in [0.25, 0.3) is 0 Å². The van der Waals surface area contributed by atoms with Gasteiger partial charge in [0.1, 0.15) is 8.07 Å². The van der Waals surface area contributed by atoms with Gasteiger partial charge in [-0.05, 0) is 18.1 Å². The van der Waals surface area contributed by atoms with Crippen LogP contribution in [0.3, 0.4) is 0 Å². The number of para-hydroxylation sites is 1. The van der Waals surface area contributed by atoms with Gasteiger partial charge in [-0.15, -0.1) is 5.54 Å². The number of carbonyl (C=O) groups is 2. The molecule has 0 spiro atoms. The summed E-state index contributed by atoms with van der Waals surface area (Å²) in [5, 5.41) is 2.57. The Labute approximate surface area is 113 Å². The molecule has 0 saturated heterocycles. The minimum absolute atomic E-state index is 0.519. The SMILES string of the molecule is C[Si](C)(C)C#CC(=O)NNC(=O)Nc1ccccc1. The average Bonchev–Trinajstić information content (AvgIpc) is 2.34. The molecule has 1 aromatic carbocycles. The molecule has 0 bridgehead atoms. The van der Waals surface area contributed by atoms with E-state index >= 15 is 0 Å². The van der Waals surface area contributed by atoms with Crippen LogP contribution in [0.2, 0.25) is 19.6 Å². The van der Waals surface area contributed by atoms with E-state index < -0.39 is 20.0 Å². The summed E-state index contributed by atoms with van der Waals surface area (Å²) in [6.07, 6.45) is 0. The Morgan fingerprint density at radius 1 is 1.05 bits per heavy atom. The van der Waals surface area contributed by atoms with Crippen molar-refractivity contribution < 1.29 is 9.59 Å². The van der Waals surface area contributed by atoms with Crippen LogP contribution in [0, 0.1) is 11.5 Å². The van der Waals surface area contributed by atoms with Gasteiger partial charge in [-0.2, -0.15) is 0 Å². The fourth-order valence-electron chi connectivity index (χ4n) is 1.07. The molecule has 0 aliphatic heterocycles. The minimum atomic E-state index is -1.59. The molecular weight excluding hydrogens is 258 g/mol. The van der Waals surface area contributed by atoms with Crippen molar-refractivity contribution in [1.29, 1.82) is 0 Å². The van der Waals surface area contributed by atoms with Gasteiger partial charge in [0.2, 0.25) is 0 Å². The number of carbonyl (C=O) groups excluding carboxylic acids is 2. The third-order valence-corrected chi connectivity index (χ3v) is 2.75. The molecule has 0 saturated carbocycles. The Balaban J connectivity index is 2.38. The van der Waals surface area contributed by atoms with Crippen molar-refractivity contribution in [2.45, 2.75) is 19.6 Å². The molecule has 1 aromatic rings. The number of urea groups is 1. The van der Waals surface area contributed by atoms with E-state index in [-0.39, 0.29) is 0 Å². The molecule has 1 rings (SSSR count). The summed E-state index contributed by atoms with van der Waals surface area (Å²) in [5.41, 5.74) is 7.99. The summed E-state index contributed by atoms with van der Waals surface area (Å²) in [5.74, 6) is 1.94. The second-order valence-corrected chi connectivity index (χ2v) is 9.65. The summed E-state index contributed by atoms with van der Waals surface area (Å²) in [6, 6.07) is 8.41. The van der Waals surface area contributed by atoms with Crippen molar-refractivity contribution >= 4 is 25.7 Å². The molecule has 100 valence electrons. The molecule has 3 N–H and O–H groups in total. The Morgan fingerprint density at radius 3 is 2.26 bits per heavy atom. The highest BCUT2D eigenvalue weighted by Gasteiger charge is 2.08. The van der Waals surface area contributed by atoms with Crippen LogP contribution >= 0.6 is 0 Å². The highest BCUT2D eigenvalue weighted by molar-refractivity contribution is 6.84. The smallest absolute Gasteiger partial charge is 0.307 e. The number of anilines is 1. The summed E-state index contributed by atoms with van der Waals surface area (Å²) in [6.45, 7) is 6.09. The van der Waals surface area contributed by atoms with Crippen LogP contribution in [-0.2, 0) is 4.79 Å². The molecule has 0 unspecified atom stereocenters. The van der Waals surface area contributed by atoms with E-state index in [4.69, 9.17) is 0 Å². The standard InChI is InChI=1S/C13H17N3O2Si/c1-19(2,3)10-9-12(17)15-16-13(18)14-11-7-5-4-6-8-11/h4-8H,1-3H3,(H,15,17)(H2,14,16,18). The number of nitrogens with one attached hydrogen (secondary N) is 3. The Morgan fingerprint density at radius 2 is 1.68 bits per heavy atom. The van der Waals surface area contributed by atoms with Crippen LogP contribution in [0.25, 0.3) is 0 Å². The maximum Gasteiger partial charge on any atom is 0.337 e. The molecule has 0 aliphatic rings. The lowest BCUT2D eigenvalue weighted by Gasteiger charge is -2.07. The van der Waals surface area contributed by atoms with Crippen LogP contribution < -0.4 is 16.2 Å². The lowest BCUT2D eigenvalue weighted by atomic mass is 10.3. The van der Waals surface area contributed by atoms with Gasteiger partial charge in [-0.1, -0.05) is 37.8 Å². The number of rotatable bonds is 1. The highest BCUT2D eigenvalue weighted by atomic mass is 28.3. The largest absolute Gasteiger partial charge is 0.337 e. The normalized spacial score (nSPS) is 9.84. The maximum atomic E-state index is 11.4. The topological polar surface area (TPSA) is 70.2 Å². The molecule has 0 heterocycles. The molecule has 6 heteroatoms. The molecular formula is C13H17N3O2Si. The molecule has 0 aromatic heterocycles. The second-order valence-electron chi connectivity index (χ2n) is 4.90. The van der Waals surface area contributed by atoms with Crippen molar-refractivity contribution in [3.05, 3.63) is 30.3 Å². The van der Waals surface area contributed by atoms with Crippen molar-refractivity contribution in [3.8, 4) is 11.5 Å². The first-order chi connectivity index (χ1) is 8.87. The van der Waals surface area contributed by atoms with E-state index in [0.717, 1.165) is 0 Å². The molecule has 19 heavy (non-hydrogen) atoms. The fourth-order valence-corrected chi connectivity index (χ4v) is 1.56.